The van der Waals surface area contributed by atoms with Crippen LogP contribution >= 0.6 is 34.5 Å². The van der Waals surface area contributed by atoms with E-state index in [1.807, 2.05) is 10.7 Å². The molecule has 3 heterocycles. The largest absolute Gasteiger partial charge is 0.369 e. The molecule has 0 fully saturated rings. The minimum atomic E-state index is 0.635. The molecule has 0 aliphatic carbocycles. The molecule has 0 saturated carbocycles. The van der Waals surface area contributed by atoms with Crippen LogP contribution in [0.4, 0.5) is 5.82 Å². The Morgan fingerprint density at radius 1 is 1.24 bits per heavy atom. The molecule has 21 heavy (non-hydrogen) atoms. The van der Waals surface area contributed by atoms with Crippen LogP contribution in [0.2, 0.25) is 10.0 Å². The number of aromatic nitrogens is 2. The highest BCUT2D eigenvalue weighted by Crippen LogP contribution is 2.37. The van der Waals surface area contributed by atoms with Gasteiger partial charge in [0.2, 0.25) is 0 Å². The SMILES string of the molecule is Clc1ccc(Cl)c(-n2nc(-c3ccsc3)c3c2NCC3)c1. The summed E-state index contributed by atoms with van der Waals surface area (Å²) >= 11 is 14.1. The quantitative estimate of drug-likeness (QED) is 0.723. The Kier molecular flexibility index (Phi) is 3.17. The van der Waals surface area contributed by atoms with Crippen LogP contribution in [0.1, 0.15) is 5.56 Å². The van der Waals surface area contributed by atoms with E-state index in [-0.39, 0.29) is 0 Å². The van der Waals surface area contributed by atoms with Crippen molar-refractivity contribution in [2.24, 2.45) is 0 Å². The Labute approximate surface area is 136 Å². The zero-order chi connectivity index (χ0) is 14.4. The van der Waals surface area contributed by atoms with E-state index in [4.69, 9.17) is 28.3 Å². The molecule has 3 nitrogen and oxygen atoms in total. The number of nitrogens with zero attached hydrogens (tertiary/aromatic N) is 2. The standard InChI is InChI=1S/C15H11Cl2N3S/c16-10-1-2-12(17)13(7-10)20-15-11(3-5-18-15)14(19-20)9-4-6-21-8-9/h1-2,4,6-8,18H,3,5H2. The summed E-state index contributed by atoms with van der Waals surface area (Å²) in [5, 5.41) is 13.6. The van der Waals surface area contributed by atoms with Crippen molar-refractivity contribution in [3.8, 4) is 16.9 Å². The summed E-state index contributed by atoms with van der Waals surface area (Å²) in [6, 6.07) is 7.51. The van der Waals surface area contributed by atoms with Gasteiger partial charge in [0.1, 0.15) is 5.82 Å². The maximum absolute atomic E-state index is 6.32. The molecule has 1 aliphatic rings. The summed E-state index contributed by atoms with van der Waals surface area (Å²) in [5.41, 5.74) is 4.21. The molecule has 1 aromatic carbocycles. The fourth-order valence-electron chi connectivity index (χ4n) is 2.63. The summed E-state index contributed by atoms with van der Waals surface area (Å²) in [4.78, 5) is 0. The molecular formula is C15H11Cl2N3S. The van der Waals surface area contributed by atoms with Crippen LogP contribution in [0.3, 0.4) is 0 Å². The smallest absolute Gasteiger partial charge is 0.133 e. The van der Waals surface area contributed by atoms with Gasteiger partial charge in [-0.05, 0) is 36.1 Å². The molecule has 0 atom stereocenters. The van der Waals surface area contributed by atoms with Crippen molar-refractivity contribution < 1.29 is 0 Å². The Balaban J connectivity index is 1.95. The molecule has 0 unspecified atom stereocenters. The second-order valence-electron chi connectivity index (χ2n) is 4.87. The number of thiophene rings is 1. The molecular weight excluding hydrogens is 325 g/mol. The molecule has 0 saturated heterocycles. The molecule has 106 valence electrons. The van der Waals surface area contributed by atoms with E-state index in [9.17, 15) is 0 Å². The first-order chi connectivity index (χ1) is 10.2. The molecule has 0 bridgehead atoms. The fraction of sp³-hybridized carbons (Fsp3) is 0.133. The van der Waals surface area contributed by atoms with E-state index in [1.54, 1.807) is 23.5 Å². The Hall–Kier alpha value is -1.49. The van der Waals surface area contributed by atoms with Gasteiger partial charge in [-0.3, -0.25) is 0 Å². The Morgan fingerprint density at radius 2 is 2.14 bits per heavy atom. The van der Waals surface area contributed by atoms with Crippen molar-refractivity contribution in [3.05, 3.63) is 50.6 Å². The van der Waals surface area contributed by atoms with Crippen LogP contribution in [0.15, 0.2) is 35.0 Å². The normalized spacial score (nSPS) is 13.2. The number of hydrogen-bond acceptors (Lipinski definition) is 3. The van der Waals surface area contributed by atoms with E-state index in [0.717, 1.165) is 35.7 Å². The van der Waals surface area contributed by atoms with Gasteiger partial charge in [0.25, 0.3) is 0 Å². The molecule has 6 heteroatoms. The van der Waals surface area contributed by atoms with Crippen LogP contribution in [0, 0.1) is 0 Å². The lowest BCUT2D eigenvalue weighted by Gasteiger charge is -2.08. The van der Waals surface area contributed by atoms with E-state index in [1.165, 1.54) is 5.56 Å². The summed E-state index contributed by atoms with van der Waals surface area (Å²) in [7, 11) is 0. The van der Waals surface area contributed by atoms with Crippen molar-refractivity contribution in [1.29, 1.82) is 0 Å². The first-order valence-electron chi connectivity index (χ1n) is 6.58. The third-order valence-corrected chi connectivity index (χ3v) is 4.82. The van der Waals surface area contributed by atoms with Crippen LogP contribution in [-0.2, 0) is 6.42 Å². The first-order valence-corrected chi connectivity index (χ1v) is 8.27. The van der Waals surface area contributed by atoms with Crippen LogP contribution in [-0.4, -0.2) is 16.3 Å². The minimum absolute atomic E-state index is 0.635. The monoisotopic (exact) mass is 335 g/mol. The third kappa shape index (κ3) is 2.14. The number of benzene rings is 1. The maximum atomic E-state index is 6.32. The summed E-state index contributed by atoms with van der Waals surface area (Å²) in [5.74, 6) is 1.01. The van der Waals surface area contributed by atoms with Gasteiger partial charge in [0, 0.05) is 28.1 Å². The average Bonchev–Trinajstić information content (AvgIpc) is 3.16. The number of hydrogen-bond donors (Lipinski definition) is 1. The predicted molar refractivity (Wildman–Crippen MR) is 89.1 cm³/mol. The summed E-state index contributed by atoms with van der Waals surface area (Å²) < 4.78 is 1.86. The van der Waals surface area contributed by atoms with E-state index in [0.29, 0.717) is 10.0 Å². The van der Waals surface area contributed by atoms with Gasteiger partial charge >= 0.3 is 0 Å². The predicted octanol–water partition coefficient (Wildman–Crippen LogP) is 4.88. The van der Waals surface area contributed by atoms with Gasteiger partial charge < -0.3 is 5.32 Å². The lowest BCUT2D eigenvalue weighted by atomic mass is 10.1. The number of nitrogens with one attached hydrogen (secondary N) is 1. The highest BCUT2D eigenvalue weighted by atomic mass is 35.5. The van der Waals surface area contributed by atoms with E-state index >= 15 is 0 Å². The van der Waals surface area contributed by atoms with Gasteiger partial charge in [0.15, 0.2) is 0 Å². The molecule has 2 aromatic heterocycles. The molecule has 0 amide bonds. The van der Waals surface area contributed by atoms with Crippen LogP contribution in [0.25, 0.3) is 16.9 Å². The topological polar surface area (TPSA) is 29.9 Å². The number of fused-ring (bicyclic) bond motifs is 1. The fourth-order valence-corrected chi connectivity index (χ4v) is 3.63. The summed E-state index contributed by atoms with van der Waals surface area (Å²) in [6.07, 6.45) is 0.971. The highest BCUT2D eigenvalue weighted by molar-refractivity contribution is 7.08. The van der Waals surface area contributed by atoms with Crippen molar-refractivity contribution in [2.45, 2.75) is 6.42 Å². The van der Waals surface area contributed by atoms with Crippen molar-refractivity contribution in [1.82, 2.24) is 9.78 Å². The zero-order valence-corrected chi connectivity index (χ0v) is 13.3. The zero-order valence-electron chi connectivity index (χ0n) is 10.9. The average molecular weight is 336 g/mol. The second-order valence-corrected chi connectivity index (χ2v) is 6.50. The van der Waals surface area contributed by atoms with Gasteiger partial charge in [-0.1, -0.05) is 23.2 Å². The lowest BCUT2D eigenvalue weighted by molar-refractivity contribution is 0.883. The highest BCUT2D eigenvalue weighted by Gasteiger charge is 2.24. The van der Waals surface area contributed by atoms with Crippen molar-refractivity contribution in [2.75, 3.05) is 11.9 Å². The summed E-state index contributed by atoms with van der Waals surface area (Å²) in [6.45, 7) is 0.919. The minimum Gasteiger partial charge on any atom is -0.369 e. The second kappa shape index (κ2) is 5.05. The van der Waals surface area contributed by atoms with Crippen LogP contribution < -0.4 is 5.32 Å². The first kappa shape index (κ1) is 13.2. The molecule has 1 N–H and O–H groups in total. The van der Waals surface area contributed by atoms with Gasteiger partial charge in [-0.15, -0.1) is 0 Å². The lowest BCUT2D eigenvalue weighted by Crippen LogP contribution is -2.04. The van der Waals surface area contributed by atoms with Gasteiger partial charge in [-0.2, -0.15) is 16.4 Å². The third-order valence-electron chi connectivity index (χ3n) is 3.58. The van der Waals surface area contributed by atoms with Crippen molar-refractivity contribution in [3.63, 3.8) is 0 Å². The maximum Gasteiger partial charge on any atom is 0.133 e. The van der Waals surface area contributed by atoms with Crippen molar-refractivity contribution >= 4 is 40.4 Å². The van der Waals surface area contributed by atoms with Crippen LogP contribution in [0.5, 0.6) is 0 Å². The van der Waals surface area contributed by atoms with E-state index < -0.39 is 0 Å². The van der Waals surface area contributed by atoms with E-state index in [2.05, 4.69) is 22.1 Å². The molecule has 4 rings (SSSR count). The molecule has 1 aliphatic heterocycles. The molecule has 3 aromatic rings. The Bertz CT molecular complexity index is 809. The Morgan fingerprint density at radius 3 is 2.95 bits per heavy atom. The number of rotatable bonds is 2. The number of anilines is 1. The molecule has 0 radical (unpaired) electrons. The molecule has 0 spiro atoms. The van der Waals surface area contributed by atoms with Gasteiger partial charge in [0.05, 0.1) is 16.4 Å². The number of halogens is 2. The van der Waals surface area contributed by atoms with Gasteiger partial charge in [-0.25, -0.2) is 4.68 Å².